The van der Waals surface area contributed by atoms with Crippen LogP contribution in [0.25, 0.3) is 11.4 Å². The molecule has 0 saturated carbocycles. The summed E-state index contributed by atoms with van der Waals surface area (Å²) in [5.41, 5.74) is 1.83. The Bertz CT molecular complexity index is 578. The molecule has 3 nitrogen and oxygen atoms in total. The van der Waals surface area contributed by atoms with Gasteiger partial charge in [-0.15, -0.1) is 0 Å². The summed E-state index contributed by atoms with van der Waals surface area (Å²) in [6, 6.07) is 8.20. The minimum Gasteiger partial charge on any atom is -0.330 e. The third-order valence-electron chi connectivity index (χ3n) is 2.57. The van der Waals surface area contributed by atoms with Gasteiger partial charge in [-0.2, -0.15) is 5.26 Å². The molecule has 0 unspecified atom stereocenters. The average Bonchev–Trinajstić information content (AvgIpc) is 2.56. The van der Waals surface area contributed by atoms with Crippen LogP contribution >= 0.6 is 0 Å². The molecular weight excluding hydrogens is 205 g/mol. The lowest BCUT2D eigenvalue weighted by Gasteiger charge is -2.02. The number of nitrogens with zero attached hydrogens (tertiary/aromatic N) is 3. The predicted octanol–water partition coefficient (Wildman–Crippen LogP) is 2.41. The topological polar surface area (TPSA) is 41.6 Å². The molecule has 0 atom stereocenters. The Morgan fingerprint density at radius 2 is 2.19 bits per heavy atom. The molecule has 1 aromatic heterocycles. The summed E-state index contributed by atoms with van der Waals surface area (Å²) in [5, 5.41) is 8.86. The van der Waals surface area contributed by atoms with Gasteiger partial charge in [0.2, 0.25) is 0 Å². The maximum atomic E-state index is 13.1. The fourth-order valence-corrected chi connectivity index (χ4v) is 1.57. The molecule has 0 bridgehead atoms. The molecule has 80 valence electrons. The summed E-state index contributed by atoms with van der Waals surface area (Å²) < 4.78 is 14.9. The van der Waals surface area contributed by atoms with Gasteiger partial charge in [-0.3, -0.25) is 0 Å². The quantitative estimate of drug-likeness (QED) is 0.733. The van der Waals surface area contributed by atoms with E-state index in [1.807, 2.05) is 20.0 Å². The normalized spacial score (nSPS) is 10.1. The van der Waals surface area contributed by atoms with Gasteiger partial charge < -0.3 is 4.57 Å². The fourth-order valence-electron chi connectivity index (χ4n) is 1.57. The van der Waals surface area contributed by atoms with Crippen LogP contribution in [0.3, 0.4) is 0 Å². The molecule has 0 aliphatic heterocycles. The smallest absolute Gasteiger partial charge is 0.162 e. The molecule has 2 rings (SSSR count). The van der Waals surface area contributed by atoms with E-state index in [1.165, 1.54) is 12.1 Å². The van der Waals surface area contributed by atoms with Gasteiger partial charge in [-0.1, -0.05) is 12.1 Å². The maximum absolute atomic E-state index is 13.1. The zero-order valence-electron chi connectivity index (χ0n) is 9.03. The minimum absolute atomic E-state index is 0.309. The van der Waals surface area contributed by atoms with E-state index in [1.54, 1.807) is 16.7 Å². The molecule has 4 heteroatoms. The van der Waals surface area contributed by atoms with E-state index in [0.29, 0.717) is 17.1 Å². The van der Waals surface area contributed by atoms with Gasteiger partial charge in [0.15, 0.2) is 5.69 Å². The van der Waals surface area contributed by atoms with Crippen LogP contribution in [0.1, 0.15) is 11.4 Å². The van der Waals surface area contributed by atoms with Crippen molar-refractivity contribution in [2.24, 2.45) is 7.05 Å². The third-order valence-corrected chi connectivity index (χ3v) is 2.57. The average molecular weight is 215 g/mol. The Morgan fingerprint density at radius 1 is 1.44 bits per heavy atom. The Kier molecular flexibility index (Phi) is 2.45. The first-order valence-electron chi connectivity index (χ1n) is 4.83. The number of rotatable bonds is 1. The van der Waals surface area contributed by atoms with E-state index in [0.717, 1.165) is 5.69 Å². The number of hydrogen-bond acceptors (Lipinski definition) is 2. The van der Waals surface area contributed by atoms with Gasteiger partial charge in [0.25, 0.3) is 0 Å². The highest BCUT2D eigenvalue weighted by Crippen LogP contribution is 2.21. The van der Waals surface area contributed by atoms with Crippen molar-refractivity contribution in [2.75, 3.05) is 0 Å². The molecule has 0 amide bonds. The lowest BCUT2D eigenvalue weighted by Crippen LogP contribution is -1.95. The molecule has 16 heavy (non-hydrogen) atoms. The molecule has 0 radical (unpaired) electrons. The van der Waals surface area contributed by atoms with Crippen LogP contribution < -0.4 is 0 Å². The largest absolute Gasteiger partial charge is 0.330 e. The summed E-state index contributed by atoms with van der Waals surface area (Å²) in [6.45, 7) is 1.81. The zero-order valence-corrected chi connectivity index (χ0v) is 9.03. The van der Waals surface area contributed by atoms with E-state index >= 15 is 0 Å². The first kappa shape index (κ1) is 10.4. The second-order valence-corrected chi connectivity index (χ2v) is 3.55. The van der Waals surface area contributed by atoms with Gasteiger partial charge in [0.05, 0.1) is 5.69 Å². The Hall–Kier alpha value is -2.15. The highest BCUT2D eigenvalue weighted by Gasteiger charge is 2.12. The number of benzene rings is 1. The SMILES string of the molecule is Cc1c(C#N)nc(-c2cccc(F)c2)n1C. The molecule has 0 aliphatic carbocycles. The first-order chi connectivity index (χ1) is 7.63. The summed E-state index contributed by atoms with van der Waals surface area (Å²) in [7, 11) is 1.81. The minimum atomic E-state index is -0.309. The highest BCUT2D eigenvalue weighted by molar-refractivity contribution is 5.57. The van der Waals surface area contributed by atoms with Crippen LogP contribution in [0, 0.1) is 24.1 Å². The van der Waals surface area contributed by atoms with Gasteiger partial charge >= 0.3 is 0 Å². The van der Waals surface area contributed by atoms with Crippen LogP contribution in [-0.2, 0) is 7.05 Å². The monoisotopic (exact) mass is 215 g/mol. The van der Waals surface area contributed by atoms with Crippen LogP contribution in [0.2, 0.25) is 0 Å². The summed E-state index contributed by atoms with van der Waals surface area (Å²) in [4.78, 5) is 4.17. The Balaban J connectivity index is 2.62. The van der Waals surface area contributed by atoms with Crippen LogP contribution in [0.5, 0.6) is 0 Å². The zero-order chi connectivity index (χ0) is 11.7. The Labute approximate surface area is 92.8 Å². The van der Waals surface area contributed by atoms with Crippen molar-refractivity contribution in [3.63, 3.8) is 0 Å². The van der Waals surface area contributed by atoms with Gasteiger partial charge in [-0.25, -0.2) is 9.37 Å². The van der Waals surface area contributed by atoms with Crippen molar-refractivity contribution in [1.82, 2.24) is 9.55 Å². The molecule has 0 spiro atoms. The first-order valence-corrected chi connectivity index (χ1v) is 4.83. The molecule has 0 N–H and O–H groups in total. The molecular formula is C12H10FN3. The van der Waals surface area contributed by atoms with Crippen molar-refractivity contribution in [2.45, 2.75) is 6.92 Å². The molecule has 0 saturated heterocycles. The van der Waals surface area contributed by atoms with E-state index in [4.69, 9.17) is 5.26 Å². The number of nitriles is 1. The summed E-state index contributed by atoms with van der Waals surface area (Å²) >= 11 is 0. The standard InChI is InChI=1S/C12H10FN3/c1-8-11(7-14)15-12(16(8)2)9-4-3-5-10(13)6-9/h3-6H,1-2H3. The summed E-state index contributed by atoms with van der Waals surface area (Å²) in [5.74, 6) is 0.296. The van der Waals surface area contributed by atoms with Crippen molar-refractivity contribution in [1.29, 1.82) is 5.26 Å². The van der Waals surface area contributed by atoms with Crippen LogP contribution in [-0.4, -0.2) is 9.55 Å². The van der Waals surface area contributed by atoms with E-state index in [2.05, 4.69) is 4.98 Å². The number of hydrogen-bond donors (Lipinski definition) is 0. The molecule has 0 fully saturated rings. The van der Waals surface area contributed by atoms with Crippen LogP contribution in [0.15, 0.2) is 24.3 Å². The number of halogens is 1. The molecule has 1 heterocycles. The van der Waals surface area contributed by atoms with Crippen LogP contribution in [0.4, 0.5) is 4.39 Å². The highest BCUT2D eigenvalue weighted by atomic mass is 19.1. The maximum Gasteiger partial charge on any atom is 0.162 e. The van der Waals surface area contributed by atoms with E-state index in [9.17, 15) is 4.39 Å². The van der Waals surface area contributed by atoms with E-state index in [-0.39, 0.29) is 5.82 Å². The van der Waals surface area contributed by atoms with Gasteiger partial charge in [-0.05, 0) is 19.1 Å². The predicted molar refractivity (Wildman–Crippen MR) is 58.1 cm³/mol. The Morgan fingerprint density at radius 3 is 2.75 bits per heavy atom. The molecule has 1 aromatic carbocycles. The lowest BCUT2D eigenvalue weighted by atomic mass is 10.2. The third kappa shape index (κ3) is 1.57. The number of imidazole rings is 1. The fraction of sp³-hybridized carbons (Fsp3) is 0.167. The molecule has 0 aliphatic rings. The van der Waals surface area contributed by atoms with Gasteiger partial charge in [0, 0.05) is 12.6 Å². The molecule has 2 aromatic rings. The second-order valence-electron chi connectivity index (χ2n) is 3.55. The number of aromatic nitrogens is 2. The second kappa shape index (κ2) is 3.78. The van der Waals surface area contributed by atoms with Crippen molar-refractivity contribution < 1.29 is 4.39 Å². The lowest BCUT2D eigenvalue weighted by molar-refractivity contribution is 0.628. The van der Waals surface area contributed by atoms with Crippen molar-refractivity contribution in [3.05, 3.63) is 41.5 Å². The summed E-state index contributed by atoms with van der Waals surface area (Å²) in [6.07, 6.45) is 0. The van der Waals surface area contributed by atoms with Crippen molar-refractivity contribution >= 4 is 0 Å². The van der Waals surface area contributed by atoms with Crippen molar-refractivity contribution in [3.8, 4) is 17.5 Å². The van der Waals surface area contributed by atoms with E-state index < -0.39 is 0 Å². The van der Waals surface area contributed by atoms with Gasteiger partial charge in [0.1, 0.15) is 17.7 Å².